The van der Waals surface area contributed by atoms with Crippen LogP contribution in [0.4, 0.5) is 5.13 Å². The number of ether oxygens (including phenoxy) is 2. The molecule has 1 unspecified atom stereocenters. The summed E-state index contributed by atoms with van der Waals surface area (Å²) in [6, 6.07) is 5.28. The van der Waals surface area contributed by atoms with E-state index in [0.29, 0.717) is 42.1 Å². The minimum atomic E-state index is -1.21. The number of nitrogens with zero attached hydrogens (tertiary/aromatic N) is 3. The standard InChI is InChI=1S/C18H17BrN4O4S2/c1-9-5-10(11-6-13(19)15(29(4)25)7-14(11)26-2)12(8-20-9)16(24)21-17-22-23-18(27-3)28-17/h5-8H,1-4H3,(H,21,22,24). The van der Waals surface area contributed by atoms with E-state index < -0.39 is 17.1 Å². The van der Waals surface area contributed by atoms with Gasteiger partial charge in [0.25, 0.3) is 11.1 Å². The molecule has 0 saturated heterocycles. The van der Waals surface area contributed by atoms with E-state index in [1.165, 1.54) is 20.4 Å². The van der Waals surface area contributed by atoms with Gasteiger partial charge in [0.05, 0.1) is 24.3 Å². The average molecular weight is 497 g/mol. The third kappa shape index (κ3) is 4.69. The molecule has 3 rings (SSSR count). The summed E-state index contributed by atoms with van der Waals surface area (Å²) in [7, 11) is 3.00. The SMILES string of the molecule is COc1nnc(NC(=O)c2cnc(C)cc2-c2cc(Br)c([S+](C)[O-])cc2OC)s1. The first kappa shape index (κ1) is 21.5. The Labute approximate surface area is 183 Å². The fraction of sp³-hybridized carbons (Fsp3) is 0.222. The summed E-state index contributed by atoms with van der Waals surface area (Å²) in [6.07, 6.45) is 3.09. The number of rotatable bonds is 6. The Kier molecular flexibility index (Phi) is 6.73. The van der Waals surface area contributed by atoms with E-state index in [1.807, 2.05) is 6.92 Å². The van der Waals surface area contributed by atoms with E-state index in [0.717, 1.165) is 17.0 Å². The molecule has 2 heterocycles. The number of amides is 1. The van der Waals surface area contributed by atoms with Gasteiger partial charge in [0.2, 0.25) is 5.13 Å². The van der Waals surface area contributed by atoms with Gasteiger partial charge < -0.3 is 14.0 Å². The molecule has 152 valence electrons. The van der Waals surface area contributed by atoms with Crippen LogP contribution in [0.15, 0.2) is 33.8 Å². The summed E-state index contributed by atoms with van der Waals surface area (Å²) in [4.78, 5) is 17.8. The molecule has 3 aromatic rings. The lowest BCUT2D eigenvalue weighted by atomic mass is 9.99. The number of pyridine rings is 1. The molecule has 2 aromatic heterocycles. The summed E-state index contributed by atoms with van der Waals surface area (Å²) in [5.41, 5.74) is 2.35. The number of aryl methyl sites for hydroxylation is 1. The third-order valence-electron chi connectivity index (χ3n) is 3.94. The van der Waals surface area contributed by atoms with Crippen LogP contribution >= 0.6 is 27.3 Å². The first-order valence-corrected chi connectivity index (χ1v) is 11.4. The van der Waals surface area contributed by atoms with Crippen molar-refractivity contribution in [3.05, 3.63) is 40.1 Å². The number of benzene rings is 1. The molecule has 0 bridgehead atoms. The second-order valence-corrected chi connectivity index (χ2v) is 8.98. The molecule has 0 spiro atoms. The molecule has 0 aliphatic rings. The van der Waals surface area contributed by atoms with Crippen LogP contribution < -0.4 is 14.8 Å². The maximum absolute atomic E-state index is 12.9. The largest absolute Gasteiger partial charge is 0.612 e. The molecule has 11 heteroatoms. The summed E-state index contributed by atoms with van der Waals surface area (Å²) >= 11 is 3.37. The Balaban J connectivity index is 2.07. The summed E-state index contributed by atoms with van der Waals surface area (Å²) in [5, 5.41) is 11.0. The number of anilines is 1. The van der Waals surface area contributed by atoms with E-state index in [-0.39, 0.29) is 0 Å². The highest BCUT2D eigenvalue weighted by atomic mass is 79.9. The minimum Gasteiger partial charge on any atom is -0.612 e. The van der Waals surface area contributed by atoms with Crippen molar-refractivity contribution in [3.63, 3.8) is 0 Å². The van der Waals surface area contributed by atoms with Crippen LogP contribution in [0, 0.1) is 6.92 Å². The highest BCUT2D eigenvalue weighted by Crippen LogP contribution is 2.38. The monoisotopic (exact) mass is 496 g/mol. The Morgan fingerprint density at radius 1 is 1.21 bits per heavy atom. The third-order valence-corrected chi connectivity index (χ3v) is 6.62. The fourth-order valence-electron chi connectivity index (χ4n) is 2.61. The number of hydrogen-bond donors (Lipinski definition) is 1. The van der Waals surface area contributed by atoms with Crippen molar-refractivity contribution in [2.24, 2.45) is 0 Å². The van der Waals surface area contributed by atoms with E-state index in [4.69, 9.17) is 9.47 Å². The Morgan fingerprint density at radius 3 is 2.59 bits per heavy atom. The number of carbonyl (C=O) groups is 1. The van der Waals surface area contributed by atoms with Crippen molar-refractivity contribution in [2.45, 2.75) is 11.8 Å². The quantitative estimate of drug-likeness (QED) is 0.518. The van der Waals surface area contributed by atoms with Gasteiger partial charge in [-0.3, -0.25) is 15.1 Å². The van der Waals surface area contributed by atoms with Crippen LogP contribution in [-0.4, -0.2) is 46.1 Å². The molecular weight excluding hydrogens is 480 g/mol. The molecule has 1 aromatic carbocycles. The molecular formula is C18H17BrN4O4S2. The van der Waals surface area contributed by atoms with Crippen molar-refractivity contribution in [1.29, 1.82) is 0 Å². The van der Waals surface area contributed by atoms with Gasteiger partial charge in [0.15, 0.2) is 4.90 Å². The van der Waals surface area contributed by atoms with Gasteiger partial charge in [-0.05, 0) is 57.5 Å². The predicted octanol–water partition coefficient (Wildman–Crippen LogP) is 3.68. The zero-order chi connectivity index (χ0) is 21.1. The molecule has 8 nitrogen and oxygen atoms in total. The smallest absolute Gasteiger partial charge is 0.295 e. The second-order valence-electron chi connectivity index (χ2n) is 5.84. The highest BCUT2D eigenvalue weighted by molar-refractivity contribution is 9.10. The first-order valence-electron chi connectivity index (χ1n) is 8.20. The molecule has 0 saturated carbocycles. The van der Waals surface area contributed by atoms with Gasteiger partial charge in [0.1, 0.15) is 12.0 Å². The minimum absolute atomic E-state index is 0.309. The van der Waals surface area contributed by atoms with Gasteiger partial charge in [-0.2, -0.15) is 0 Å². The predicted molar refractivity (Wildman–Crippen MR) is 115 cm³/mol. The zero-order valence-electron chi connectivity index (χ0n) is 16.0. The molecule has 0 aliphatic heterocycles. The van der Waals surface area contributed by atoms with Gasteiger partial charge in [-0.1, -0.05) is 5.10 Å². The number of carbonyl (C=O) groups excluding carboxylic acids is 1. The zero-order valence-corrected chi connectivity index (χ0v) is 19.2. The van der Waals surface area contributed by atoms with E-state index in [1.54, 1.807) is 24.5 Å². The van der Waals surface area contributed by atoms with Crippen LogP contribution in [0.25, 0.3) is 11.1 Å². The first-order chi connectivity index (χ1) is 13.8. The lowest BCUT2D eigenvalue weighted by Gasteiger charge is -2.16. The van der Waals surface area contributed by atoms with Crippen LogP contribution in [0.5, 0.6) is 10.9 Å². The maximum Gasteiger partial charge on any atom is 0.295 e. The van der Waals surface area contributed by atoms with E-state index in [9.17, 15) is 9.35 Å². The van der Waals surface area contributed by atoms with Gasteiger partial charge in [-0.15, -0.1) is 5.10 Å². The molecule has 29 heavy (non-hydrogen) atoms. The van der Waals surface area contributed by atoms with Crippen molar-refractivity contribution in [2.75, 3.05) is 25.8 Å². The Morgan fingerprint density at radius 2 is 1.97 bits per heavy atom. The van der Waals surface area contributed by atoms with Crippen molar-refractivity contribution >= 4 is 49.5 Å². The second kappa shape index (κ2) is 9.08. The molecule has 0 aliphatic carbocycles. The number of methoxy groups -OCH3 is 2. The van der Waals surface area contributed by atoms with E-state index >= 15 is 0 Å². The lowest BCUT2D eigenvalue weighted by molar-refractivity contribution is 0.102. The van der Waals surface area contributed by atoms with Crippen LogP contribution in [0.3, 0.4) is 0 Å². The average Bonchev–Trinajstić information content (AvgIpc) is 3.14. The number of nitrogens with one attached hydrogen (secondary N) is 1. The fourth-order valence-corrected chi connectivity index (χ4v) is 4.79. The van der Waals surface area contributed by atoms with Crippen molar-refractivity contribution < 1.29 is 18.8 Å². The summed E-state index contributed by atoms with van der Waals surface area (Å²) < 4.78 is 23.1. The van der Waals surface area contributed by atoms with Crippen molar-refractivity contribution in [3.8, 4) is 22.1 Å². The maximum atomic E-state index is 12.9. The molecule has 1 amide bonds. The highest BCUT2D eigenvalue weighted by Gasteiger charge is 2.22. The Hall–Kier alpha value is -2.21. The molecule has 0 radical (unpaired) electrons. The van der Waals surface area contributed by atoms with Gasteiger partial charge >= 0.3 is 0 Å². The summed E-state index contributed by atoms with van der Waals surface area (Å²) in [5.74, 6) is 0.100. The summed E-state index contributed by atoms with van der Waals surface area (Å²) in [6.45, 7) is 1.83. The molecule has 1 N–H and O–H groups in total. The van der Waals surface area contributed by atoms with Gasteiger partial charge in [0, 0.05) is 29.1 Å². The normalized spacial score (nSPS) is 11.8. The topological polar surface area (TPSA) is 109 Å². The van der Waals surface area contributed by atoms with E-state index in [2.05, 4.69) is 36.4 Å². The molecule has 0 fully saturated rings. The Bertz CT molecular complexity index is 1060. The van der Waals surface area contributed by atoms with Gasteiger partial charge in [-0.25, -0.2) is 0 Å². The van der Waals surface area contributed by atoms with Crippen LogP contribution in [-0.2, 0) is 11.2 Å². The number of halogens is 1. The number of hydrogen-bond acceptors (Lipinski definition) is 8. The van der Waals surface area contributed by atoms with Crippen LogP contribution in [0.1, 0.15) is 16.1 Å². The van der Waals surface area contributed by atoms with Crippen LogP contribution in [0.2, 0.25) is 0 Å². The number of aromatic nitrogens is 3. The molecule has 1 atom stereocenters. The lowest BCUT2D eigenvalue weighted by Crippen LogP contribution is -2.14. The van der Waals surface area contributed by atoms with Crippen molar-refractivity contribution in [1.82, 2.24) is 15.2 Å².